The fourth-order valence-electron chi connectivity index (χ4n) is 2.47. The lowest BCUT2D eigenvalue weighted by molar-refractivity contribution is -0.125. The zero-order chi connectivity index (χ0) is 12.1. The molecule has 0 bridgehead atoms. The molecule has 1 saturated carbocycles. The summed E-state index contributed by atoms with van der Waals surface area (Å²) in [7, 11) is 0. The number of thiazole rings is 1. The third-order valence-corrected chi connectivity index (χ3v) is 4.10. The van der Waals surface area contributed by atoms with Gasteiger partial charge < -0.3 is 11.1 Å². The molecule has 5 heteroatoms. The molecule has 1 aliphatic rings. The Hall–Kier alpha value is -0.940. The number of nitrogens with two attached hydrogens (primary N) is 1. The lowest BCUT2D eigenvalue weighted by Gasteiger charge is -2.17. The largest absolute Gasteiger partial charge is 0.355 e. The predicted molar refractivity (Wildman–Crippen MR) is 68.7 cm³/mol. The lowest BCUT2D eigenvalue weighted by atomic mass is 9.95. The number of nitrogens with zero attached hydrogens (tertiary/aromatic N) is 1. The summed E-state index contributed by atoms with van der Waals surface area (Å²) in [5, 5.41) is 5.02. The lowest BCUT2D eigenvalue weighted by Crippen LogP contribution is -2.36. The van der Waals surface area contributed by atoms with Gasteiger partial charge in [-0.15, -0.1) is 11.3 Å². The number of carbonyl (C=O) groups is 1. The smallest absolute Gasteiger partial charge is 0.223 e. The van der Waals surface area contributed by atoms with E-state index in [1.54, 1.807) is 11.3 Å². The third kappa shape index (κ3) is 3.26. The highest BCUT2D eigenvalue weighted by molar-refractivity contribution is 7.07. The van der Waals surface area contributed by atoms with E-state index in [0.29, 0.717) is 19.0 Å². The van der Waals surface area contributed by atoms with Crippen LogP contribution in [0.5, 0.6) is 0 Å². The molecule has 2 unspecified atom stereocenters. The molecular formula is C12H19N3OS. The fourth-order valence-corrected chi connectivity index (χ4v) is 3.06. The van der Waals surface area contributed by atoms with Crippen molar-refractivity contribution < 1.29 is 4.79 Å². The van der Waals surface area contributed by atoms with Crippen molar-refractivity contribution in [1.82, 2.24) is 10.3 Å². The predicted octanol–water partition coefficient (Wildman–Crippen LogP) is 1.18. The molecule has 0 spiro atoms. The number of aromatic nitrogens is 1. The molecule has 4 nitrogen and oxygen atoms in total. The van der Waals surface area contributed by atoms with Gasteiger partial charge in [0.25, 0.3) is 0 Å². The van der Waals surface area contributed by atoms with E-state index in [4.69, 9.17) is 5.73 Å². The van der Waals surface area contributed by atoms with Crippen LogP contribution in [0.1, 0.15) is 25.0 Å². The van der Waals surface area contributed by atoms with Crippen molar-refractivity contribution in [2.24, 2.45) is 17.6 Å². The van der Waals surface area contributed by atoms with Gasteiger partial charge in [-0.3, -0.25) is 4.79 Å². The Morgan fingerprint density at radius 2 is 2.47 bits per heavy atom. The van der Waals surface area contributed by atoms with Crippen LogP contribution < -0.4 is 11.1 Å². The topological polar surface area (TPSA) is 68.0 Å². The molecule has 0 radical (unpaired) electrons. The molecule has 17 heavy (non-hydrogen) atoms. The van der Waals surface area contributed by atoms with Crippen molar-refractivity contribution in [2.45, 2.75) is 25.7 Å². The van der Waals surface area contributed by atoms with Crippen LogP contribution in [0, 0.1) is 11.8 Å². The molecule has 0 aromatic carbocycles. The number of rotatable bonds is 5. The number of amides is 1. The first-order valence-corrected chi connectivity index (χ1v) is 7.10. The minimum atomic E-state index is 0.135. The van der Waals surface area contributed by atoms with Crippen molar-refractivity contribution in [3.63, 3.8) is 0 Å². The van der Waals surface area contributed by atoms with Crippen LogP contribution in [-0.2, 0) is 11.2 Å². The summed E-state index contributed by atoms with van der Waals surface area (Å²) < 4.78 is 0. The SMILES string of the molecule is NCC1CCCC1C(=O)NCCc1cscn1. The first kappa shape index (κ1) is 12.5. The number of hydrogen-bond acceptors (Lipinski definition) is 4. The highest BCUT2D eigenvalue weighted by Crippen LogP contribution is 2.30. The molecule has 1 amide bonds. The second-order valence-electron chi connectivity index (χ2n) is 4.55. The molecule has 1 aromatic rings. The maximum atomic E-state index is 12.0. The average Bonchev–Trinajstić information content (AvgIpc) is 2.99. The zero-order valence-corrected chi connectivity index (χ0v) is 10.7. The van der Waals surface area contributed by atoms with Crippen molar-refractivity contribution in [1.29, 1.82) is 0 Å². The molecule has 0 saturated heterocycles. The second-order valence-corrected chi connectivity index (χ2v) is 5.27. The zero-order valence-electron chi connectivity index (χ0n) is 9.89. The summed E-state index contributed by atoms with van der Waals surface area (Å²) in [6, 6.07) is 0. The molecule has 0 aliphatic heterocycles. The Kier molecular flexibility index (Phi) is 4.50. The minimum Gasteiger partial charge on any atom is -0.355 e. The first-order chi connectivity index (χ1) is 8.31. The van der Waals surface area contributed by atoms with Crippen LogP contribution >= 0.6 is 11.3 Å². The summed E-state index contributed by atoms with van der Waals surface area (Å²) in [6.07, 6.45) is 4.03. The Bertz CT molecular complexity index is 353. The van der Waals surface area contributed by atoms with E-state index < -0.39 is 0 Å². The van der Waals surface area contributed by atoms with Crippen molar-refractivity contribution in [2.75, 3.05) is 13.1 Å². The molecule has 1 fully saturated rings. The van der Waals surface area contributed by atoms with Gasteiger partial charge in [-0.25, -0.2) is 4.98 Å². The van der Waals surface area contributed by atoms with Crippen molar-refractivity contribution >= 4 is 17.2 Å². The van der Waals surface area contributed by atoms with E-state index in [0.717, 1.165) is 31.4 Å². The van der Waals surface area contributed by atoms with E-state index in [1.807, 2.05) is 10.9 Å². The molecule has 2 atom stereocenters. The van der Waals surface area contributed by atoms with E-state index in [9.17, 15) is 4.79 Å². The summed E-state index contributed by atoms with van der Waals surface area (Å²) >= 11 is 1.59. The molecule has 1 heterocycles. The summed E-state index contributed by atoms with van der Waals surface area (Å²) in [6.45, 7) is 1.31. The first-order valence-electron chi connectivity index (χ1n) is 6.16. The maximum Gasteiger partial charge on any atom is 0.223 e. The van der Waals surface area contributed by atoms with Gasteiger partial charge in [-0.2, -0.15) is 0 Å². The third-order valence-electron chi connectivity index (χ3n) is 3.46. The monoisotopic (exact) mass is 253 g/mol. The molecule has 1 aromatic heterocycles. The van der Waals surface area contributed by atoms with Gasteiger partial charge in [-0.05, 0) is 25.3 Å². The van der Waals surface area contributed by atoms with Crippen LogP contribution in [0.3, 0.4) is 0 Å². The molecule has 1 aliphatic carbocycles. The Morgan fingerprint density at radius 3 is 3.18 bits per heavy atom. The van der Waals surface area contributed by atoms with Gasteiger partial charge in [0.05, 0.1) is 11.2 Å². The van der Waals surface area contributed by atoms with Gasteiger partial charge in [0.1, 0.15) is 0 Å². The van der Waals surface area contributed by atoms with Crippen LogP contribution in [0.15, 0.2) is 10.9 Å². The van der Waals surface area contributed by atoms with Gasteiger partial charge in [0.15, 0.2) is 0 Å². The van der Waals surface area contributed by atoms with Gasteiger partial charge >= 0.3 is 0 Å². The van der Waals surface area contributed by atoms with Crippen LogP contribution in [0.2, 0.25) is 0 Å². The molecule has 3 N–H and O–H groups in total. The van der Waals surface area contributed by atoms with E-state index >= 15 is 0 Å². The van der Waals surface area contributed by atoms with Gasteiger partial charge in [0.2, 0.25) is 5.91 Å². The van der Waals surface area contributed by atoms with Gasteiger partial charge in [0, 0.05) is 24.3 Å². The fraction of sp³-hybridized carbons (Fsp3) is 0.667. The number of hydrogen-bond donors (Lipinski definition) is 2. The van der Waals surface area contributed by atoms with Crippen molar-refractivity contribution in [3.05, 3.63) is 16.6 Å². The number of nitrogens with one attached hydrogen (secondary N) is 1. The van der Waals surface area contributed by atoms with Crippen LogP contribution in [0.25, 0.3) is 0 Å². The molecule has 2 rings (SSSR count). The molecular weight excluding hydrogens is 234 g/mol. The summed E-state index contributed by atoms with van der Waals surface area (Å²) in [4.78, 5) is 16.1. The summed E-state index contributed by atoms with van der Waals surface area (Å²) in [5.41, 5.74) is 8.55. The van der Waals surface area contributed by atoms with Crippen molar-refractivity contribution in [3.8, 4) is 0 Å². The normalized spacial score (nSPS) is 23.8. The second kappa shape index (κ2) is 6.12. The summed E-state index contributed by atoms with van der Waals surface area (Å²) in [5.74, 6) is 0.692. The highest BCUT2D eigenvalue weighted by Gasteiger charge is 2.31. The Morgan fingerprint density at radius 1 is 1.59 bits per heavy atom. The van der Waals surface area contributed by atoms with E-state index in [-0.39, 0.29) is 11.8 Å². The van der Waals surface area contributed by atoms with Crippen LogP contribution in [-0.4, -0.2) is 24.0 Å². The standard InChI is InChI=1S/C12H19N3OS/c13-6-9-2-1-3-11(9)12(16)14-5-4-10-7-17-8-15-10/h7-9,11H,1-6,13H2,(H,14,16). The quantitative estimate of drug-likeness (QED) is 0.828. The van der Waals surface area contributed by atoms with Gasteiger partial charge in [-0.1, -0.05) is 6.42 Å². The highest BCUT2D eigenvalue weighted by atomic mass is 32.1. The number of carbonyl (C=O) groups excluding carboxylic acids is 1. The molecule has 94 valence electrons. The van der Waals surface area contributed by atoms with Crippen LogP contribution in [0.4, 0.5) is 0 Å². The maximum absolute atomic E-state index is 12.0. The Labute approximate surface area is 106 Å². The van der Waals surface area contributed by atoms with E-state index in [2.05, 4.69) is 10.3 Å². The Balaban J connectivity index is 1.73. The van der Waals surface area contributed by atoms with E-state index in [1.165, 1.54) is 0 Å². The minimum absolute atomic E-state index is 0.135. The average molecular weight is 253 g/mol.